The van der Waals surface area contributed by atoms with Gasteiger partial charge in [-0.15, -0.1) is 11.6 Å². The van der Waals surface area contributed by atoms with E-state index in [2.05, 4.69) is 4.98 Å². The first-order valence-electron chi connectivity index (χ1n) is 5.84. The molecule has 2 heterocycles. The second-order valence-electron chi connectivity index (χ2n) is 4.32. The zero-order valence-electron chi connectivity index (χ0n) is 9.76. The molecule has 1 N–H and O–H groups in total. The van der Waals surface area contributed by atoms with E-state index in [4.69, 9.17) is 11.6 Å². The normalized spacial score (nSPS) is 19.8. The van der Waals surface area contributed by atoms with Gasteiger partial charge in [0.15, 0.2) is 5.69 Å². The fourth-order valence-electron chi connectivity index (χ4n) is 2.20. The molecule has 1 aliphatic heterocycles. The van der Waals surface area contributed by atoms with Gasteiger partial charge in [-0.05, 0) is 30.3 Å². The lowest BCUT2D eigenvalue weighted by atomic mass is 10.0. The van der Waals surface area contributed by atoms with Gasteiger partial charge in [-0.1, -0.05) is 0 Å². The van der Waals surface area contributed by atoms with Crippen LogP contribution in [-0.2, 0) is 0 Å². The number of hydrogen-bond acceptors (Lipinski definition) is 3. The van der Waals surface area contributed by atoms with Crippen molar-refractivity contribution >= 4 is 23.3 Å². The Morgan fingerprint density at radius 2 is 2.33 bits per heavy atom. The van der Waals surface area contributed by atoms with Crippen molar-refractivity contribution in [1.82, 2.24) is 9.88 Å². The van der Waals surface area contributed by atoms with Crippen LogP contribution in [0.15, 0.2) is 12.1 Å². The minimum atomic E-state index is -0.550. The predicted molar refractivity (Wildman–Crippen MR) is 66.8 cm³/mol. The number of carbonyl (C=O) groups is 1. The van der Waals surface area contributed by atoms with Crippen molar-refractivity contribution in [3.63, 3.8) is 0 Å². The second kappa shape index (κ2) is 5.39. The summed E-state index contributed by atoms with van der Waals surface area (Å²) in [5.41, 5.74) is 0.249. The van der Waals surface area contributed by atoms with Crippen LogP contribution in [0.3, 0.4) is 0 Å². The molecule has 6 nitrogen and oxygen atoms in total. The highest BCUT2D eigenvalue weighted by Gasteiger charge is 2.29. The van der Waals surface area contributed by atoms with Crippen LogP contribution in [0.25, 0.3) is 0 Å². The Labute approximate surface area is 109 Å². The molecule has 2 rings (SSSR count). The Balaban J connectivity index is 2.15. The Hall–Kier alpha value is -1.56. The van der Waals surface area contributed by atoms with Crippen molar-refractivity contribution in [2.24, 2.45) is 0 Å². The van der Waals surface area contributed by atoms with E-state index in [1.165, 1.54) is 12.1 Å². The van der Waals surface area contributed by atoms with E-state index in [0.717, 1.165) is 19.3 Å². The van der Waals surface area contributed by atoms with Gasteiger partial charge in [0.2, 0.25) is 0 Å². The first-order chi connectivity index (χ1) is 8.63. The van der Waals surface area contributed by atoms with Gasteiger partial charge in [-0.3, -0.25) is 4.79 Å². The van der Waals surface area contributed by atoms with E-state index in [1.807, 2.05) is 0 Å². The molecule has 1 saturated heterocycles. The molecule has 0 bridgehead atoms. The molecule has 18 heavy (non-hydrogen) atoms. The topological polar surface area (TPSA) is 79.2 Å². The number of nitrogens with one attached hydrogen (secondary N) is 1. The minimum absolute atomic E-state index is 0.0234. The van der Waals surface area contributed by atoms with Gasteiger partial charge in [0.1, 0.15) is 0 Å². The Morgan fingerprint density at radius 1 is 1.56 bits per heavy atom. The lowest BCUT2D eigenvalue weighted by Gasteiger charge is -2.33. The van der Waals surface area contributed by atoms with E-state index < -0.39 is 4.92 Å². The number of amides is 1. The van der Waals surface area contributed by atoms with Crippen molar-refractivity contribution in [2.75, 3.05) is 12.4 Å². The summed E-state index contributed by atoms with van der Waals surface area (Å²) in [5, 5.41) is 10.6. The Morgan fingerprint density at radius 3 is 2.94 bits per heavy atom. The van der Waals surface area contributed by atoms with Crippen LogP contribution < -0.4 is 0 Å². The van der Waals surface area contributed by atoms with E-state index >= 15 is 0 Å². The molecule has 1 amide bonds. The zero-order valence-corrected chi connectivity index (χ0v) is 10.5. The number of carbonyl (C=O) groups excluding carboxylic acids is 1. The van der Waals surface area contributed by atoms with Gasteiger partial charge in [0.05, 0.1) is 0 Å². The van der Waals surface area contributed by atoms with Crippen molar-refractivity contribution in [3.8, 4) is 0 Å². The molecular formula is C11H14ClN3O3. The van der Waals surface area contributed by atoms with Crippen LogP contribution in [0, 0.1) is 10.1 Å². The molecule has 1 unspecified atom stereocenters. The predicted octanol–water partition coefficient (Wildman–Crippen LogP) is 2.16. The monoisotopic (exact) mass is 271 g/mol. The van der Waals surface area contributed by atoms with Crippen LogP contribution >= 0.6 is 11.6 Å². The summed E-state index contributed by atoms with van der Waals surface area (Å²) in [7, 11) is 0. The summed E-state index contributed by atoms with van der Waals surface area (Å²) in [6.45, 7) is 0.656. The second-order valence-corrected chi connectivity index (χ2v) is 4.63. The first-order valence-corrected chi connectivity index (χ1v) is 6.37. The lowest BCUT2D eigenvalue weighted by molar-refractivity contribution is -0.389. The molecule has 0 aliphatic carbocycles. The maximum Gasteiger partial charge on any atom is 0.321 e. The molecule has 98 valence electrons. The SMILES string of the molecule is O=C(c1ccc([N+](=O)[O-])[nH]1)N1CCCCC1CCl. The number of nitrogens with zero attached hydrogens (tertiary/aromatic N) is 2. The summed E-state index contributed by atoms with van der Waals surface area (Å²) in [6.07, 6.45) is 2.89. The van der Waals surface area contributed by atoms with Gasteiger partial charge in [0, 0.05) is 24.5 Å². The first kappa shape index (κ1) is 12.9. The average molecular weight is 272 g/mol. The average Bonchev–Trinajstić information content (AvgIpc) is 2.87. The number of hydrogen-bond donors (Lipinski definition) is 1. The molecule has 1 aliphatic rings. The van der Waals surface area contributed by atoms with Gasteiger partial charge in [-0.25, -0.2) is 4.98 Å². The van der Waals surface area contributed by atoms with Crippen molar-refractivity contribution in [3.05, 3.63) is 27.9 Å². The number of halogens is 1. The van der Waals surface area contributed by atoms with Crippen LogP contribution in [0.5, 0.6) is 0 Å². The molecule has 7 heteroatoms. The van der Waals surface area contributed by atoms with E-state index in [0.29, 0.717) is 12.4 Å². The molecule has 1 aromatic rings. The number of piperidine rings is 1. The Kier molecular flexibility index (Phi) is 3.86. The molecular weight excluding hydrogens is 258 g/mol. The molecule has 0 spiro atoms. The van der Waals surface area contributed by atoms with Gasteiger partial charge in [-0.2, -0.15) is 0 Å². The Bertz CT molecular complexity index is 460. The highest BCUT2D eigenvalue weighted by molar-refractivity contribution is 6.18. The number of alkyl halides is 1. The van der Waals surface area contributed by atoms with Crippen LogP contribution in [0.4, 0.5) is 5.82 Å². The number of likely N-dealkylation sites (tertiary alicyclic amines) is 1. The standard InChI is InChI=1S/C11H14ClN3O3/c12-7-8-3-1-2-6-14(8)11(16)9-4-5-10(13-9)15(17)18/h4-5,8,13H,1-3,6-7H2. The fourth-order valence-corrected chi connectivity index (χ4v) is 2.52. The maximum atomic E-state index is 12.2. The number of aromatic amines is 1. The highest BCUT2D eigenvalue weighted by atomic mass is 35.5. The number of rotatable bonds is 3. The number of aromatic nitrogens is 1. The smallest absolute Gasteiger partial charge is 0.321 e. The largest absolute Gasteiger partial charge is 0.358 e. The molecule has 1 atom stereocenters. The molecule has 1 fully saturated rings. The molecule has 0 aromatic carbocycles. The zero-order chi connectivity index (χ0) is 13.1. The number of nitro groups is 1. The lowest BCUT2D eigenvalue weighted by Crippen LogP contribution is -2.44. The van der Waals surface area contributed by atoms with Gasteiger partial charge in [0.25, 0.3) is 5.91 Å². The van der Waals surface area contributed by atoms with Crippen LogP contribution in [-0.4, -0.2) is 39.2 Å². The van der Waals surface area contributed by atoms with Gasteiger partial charge >= 0.3 is 5.82 Å². The summed E-state index contributed by atoms with van der Waals surface area (Å²) < 4.78 is 0. The molecule has 0 saturated carbocycles. The van der Waals surface area contributed by atoms with Crippen LogP contribution in [0.1, 0.15) is 29.8 Å². The summed E-state index contributed by atoms with van der Waals surface area (Å²) in [5.74, 6) is 0.0142. The van der Waals surface area contributed by atoms with E-state index in [1.54, 1.807) is 4.90 Å². The minimum Gasteiger partial charge on any atom is -0.358 e. The maximum absolute atomic E-state index is 12.2. The highest BCUT2D eigenvalue weighted by Crippen LogP contribution is 2.21. The summed E-state index contributed by atoms with van der Waals surface area (Å²) in [4.78, 5) is 26.5. The fraction of sp³-hybridized carbons (Fsp3) is 0.545. The van der Waals surface area contributed by atoms with Crippen molar-refractivity contribution in [1.29, 1.82) is 0 Å². The third-order valence-corrected chi connectivity index (χ3v) is 3.52. The van der Waals surface area contributed by atoms with Crippen molar-refractivity contribution < 1.29 is 9.72 Å². The third kappa shape index (κ3) is 2.48. The number of H-pyrrole nitrogens is 1. The third-order valence-electron chi connectivity index (χ3n) is 3.16. The quantitative estimate of drug-likeness (QED) is 0.520. The van der Waals surface area contributed by atoms with Crippen LogP contribution in [0.2, 0.25) is 0 Å². The summed E-state index contributed by atoms with van der Waals surface area (Å²) >= 11 is 5.85. The van der Waals surface area contributed by atoms with E-state index in [-0.39, 0.29) is 23.5 Å². The molecule has 1 aromatic heterocycles. The van der Waals surface area contributed by atoms with Gasteiger partial charge < -0.3 is 15.0 Å². The summed E-state index contributed by atoms with van der Waals surface area (Å²) in [6, 6.07) is 2.77. The van der Waals surface area contributed by atoms with Crippen molar-refractivity contribution in [2.45, 2.75) is 25.3 Å². The molecule has 0 radical (unpaired) electrons. The van der Waals surface area contributed by atoms with E-state index in [9.17, 15) is 14.9 Å².